The Labute approximate surface area is 114 Å². The minimum atomic E-state index is 0.531. The van der Waals surface area contributed by atoms with Crippen LogP contribution in [0.15, 0.2) is 48.5 Å². The molecule has 2 aromatic rings. The second-order valence-electron chi connectivity index (χ2n) is 5.09. The van der Waals surface area contributed by atoms with Gasteiger partial charge in [-0.1, -0.05) is 30.3 Å². The Hall–Kier alpha value is -1.96. The number of rotatable bonds is 3. The highest BCUT2D eigenvalue weighted by Crippen LogP contribution is 2.26. The molecule has 0 radical (unpaired) electrons. The van der Waals surface area contributed by atoms with Crippen molar-refractivity contribution in [3.63, 3.8) is 0 Å². The van der Waals surface area contributed by atoms with Crippen LogP contribution in [0.4, 0.5) is 5.69 Å². The van der Waals surface area contributed by atoms with Crippen LogP contribution in [0.25, 0.3) is 0 Å². The number of methoxy groups -OCH3 is 1. The normalized spacial score (nSPS) is 17.4. The van der Waals surface area contributed by atoms with Crippen molar-refractivity contribution in [1.82, 2.24) is 0 Å². The topological polar surface area (TPSA) is 21.3 Å². The molecular formula is C17H19NO. The number of para-hydroxylation sites is 1. The van der Waals surface area contributed by atoms with E-state index in [0.717, 1.165) is 12.2 Å². The van der Waals surface area contributed by atoms with Gasteiger partial charge in [0.25, 0.3) is 0 Å². The molecule has 1 N–H and O–H groups in total. The number of hydrogen-bond acceptors (Lipinski definition) is 2. The van der Waals surface area contributed by atoms with Crippen LogP contribution in [0.1, 0.15) is 17.5 Å². The third-order valence-corrected chi connectivity index (χ3v) is 3.78. The highest BCUT2D eigenvalue weighted by Gasteiger charge is 2.17. The van der Waals surface area contributed by atoms with Gasteiger partial charge in [0.2, 0.25) is 0 Å². The Morgan fingerprint density at radius 1 is 1.11 bits per heavy atom. The van der Waals surface area contributed by atoms with E-state index in [2.05, 4.69) is 41.7 Å². The molecule has 0 unspecified atom stereocenters. The summed E-state index contributed by atoms with van der Waals surface area (Å²) >= 11 is 0. The highest BCUT2D eigenvalue weighted by atomic mass is 16.5. The molecule has 0 aliphatic carbocycles. The Balaban J connectivity index is 1.68. The summed E-state index contributed by atoms with van der Waals surface area (Å²) in [5, 5.41) is 3.64. The number of aryl methyl sites for hydroxylation is 1. The van der Waals surface area contributed by atoms with E-state index in [1.165, 1.54) is 29.7 Å². The molecule has 0 amide bonds. The molecule has 1 atom stereocenters. The third-order valence-electron chi connectivity index (χ3n) is 3.78. The summed E-state index contributed by atoms with van der Waals surface area (Å²) in [4.78, 5) is 0. The molecule has 0 aromatic heterocycles. The maximum atomic E-state index is 5.19. The summed E-state index contributed by atoms with van der Waals surface area (Å²) in [5.41, 5.74) is 4.10. The lowest BCUT2D eigenvalue weighted by Gasteiger charge is -2.27. The van der Waals surface area contributed by atoms with Crippen molar-refractivity contribution in [2.24, 2.45) is 0 Å². The maximum absolute atomic E-state index is 5.19. The van der Waals surface area contributed by atoms with E-state index in [1.54, 1.807) is 7.11 Å². The largest absolute Gasteiger partial charge is 0.497 e. The number of fused-ring (bicyclic) bond motifs is 1. The van der Waals surface area contributed by atoms with Crippen molar-refractivity contribution in [3.05, 3.63) is 59.7 Å². The summed E-state index contributed by atoms with van der Waals surface area (Å²) < 4.78 is 5.19. The van der Waals surface area contributed by atoms with E-state index in [-0.39, 0.29) is 0 Å². The lowest BCUT2D eigenvalue weighted by Crippen LogP contribution is -2.27. The van der Waals surface area contributed by atoms with Gasteiger partial charge in [-0.2, -0.15) is 0 Å². The smallest absolute Gasteiger partial charge is 0.118 e. The first-order valence-corrected chi connectivity index (χ1v) is 6.82. The fourth-order valence-electron chi connectivity index (χ4n) is 2.70. The molecule has 1 heterocycles. The number of ether oxygens (including phenoxy) is 1. The fraction of sp³-hybridized carbons (Fsp3) is 0.294. The first-order chi connectivity index (χ1) is 9.35. The molecular weight excluding hydrogens is 234 g/mol. The van der Waals surface area contributed by atoms with Crippen molar-refractivity contribution in [2.45, 2.75) is 25.3 Å². The zero-order chi connectivity index (χ0) is 13.1. The number of benzene rings is 2. The van der Waals surface area contributed by atoms with Gasteiger partial charge in [0.1, 0.15) is 5.75 Å². The zero-order valence-corrected chi connectivity index (χ0v) is 11.2. The average molecular weight is 253 g/mol. The summed E-state index contributed by atoms with van der Waals surface area (Å²) in [6.45, 7) is 0. The van der Waals surface area contributed by atoms with Crippen LogP contribution in [0.5, 0.6) is 5.75 Å². The minimum absolute atomic E-state index is 0.531. The average Bonchev–Trinajstić information content (AvgIpc) is 2.48. The summed E-state index contributed by atoms with van der Waals surface area (Å²) in [6, 6.07) is 17.5. The Morgan fingerprint density at radius 3 is 2.68 bits per heavy atom. The van der Waals surface area contributed by atoms with Gasteiger partial charge in [-0.3, -0.25) is 0 Å². The molecule has 3 rings (SSSR count). The summed E-state index contributed by atoms with van der Waals surface area (Å²) in [5.74, 6) is 0.922. The van der Waals surface area contributed by atoms with Crippen molar-refractivity contribution in [1.29, 1.82) is 0 Å². The molecule has 2 heteroatoms. The Kier molecular flexibility index (Phi) is 3.41. The molecule has 0 spiro atoms. The zero-order valence-electron chi connectivity index (χ0n) is 11.2. The third kappa shape index (κ3) is 2.73. The van der Waals surface area contributed by atoms with Gasteiger partial charge in [0, 0.05) is 11.7 Å². The minimum Gasteiger partial charge on any atom is -0.497 e. The second-order valence-corrected chi connectivity index (χ2v) is 5.09. The molecule has 0 saturated heterocycles. The van der Waals surface area contributed by atoms with Crippen LogP contribution < -0.4 is 10.1 Å². The Morgan fingerprint density at radius 2 is 1.89 bits per heavy atom. The van der Waals surface area contributed by atoms with Gasteiger partial charge in [0.15, 0.2) is 0 Å². The molecule has 19 heavy (non-hydrogen) atoms. The van der Waals surface area contributed by atoms with E-state index in [0.29, 0.717) is 6.04 Å². The van der Waals surface area contributed by atoms with Crippen LogP contribution in [-0.2, 0) is 12.8 Å². The molecule has 1 aliphatic rings. The van der Waals surface area contributed by atoms with E-state index in [1.807, 2.05) is 12.1 Å². The molecule has 2 aromatic carbocycles. The Bertz CT molecular complexity index is 547. The van der Waals surface area contributed by atoms with Gasteiger partial charge in [-0.25, -0.2) is 0 Å². The van der Waals surface area contributed by atoms with Crippen molar-refractivity contribution < 1.29 is 4.74 Å². The van der Waals surface area contributed by atoms with Crippen molar-refractivity contribution in [2.75, 3.05) is 12.4 Å². The monoisotopic (exact) mass is 253 g/mol. The highest BCUT2D eigenvalue weighted by molar-refractivity contribution is 5.54. The fourth-order valence-corrected chi connectivity index (χ4v) is 2.70. The van der Waals surface area contributed by atoms with Crippen LogP contribution in [0.3, 0.4) is 0 Å². The van der Waals surface area contributed by atoms with Gasteiger partial charge >= 0.3 is 0 Å². The van der Waals surface area contributed by atoms with Crippen LogP contribution in [-0.4, -0.2) is 13.2 Å². The molecule has 2 nitrogen and oxygen atoms in total. The van der Waals surface area contributed by atoms with Crippen molar-refractivity contribution in [3.8, 4) is 5.75 Å². The quantitative estimate of drug-likeness (QED) is 0.901. The number of hydrogen-bond donors (Lipinski definition) is 1. The first kappa shape index (κ1) is 12.1. The molecule has 1 aliphatic heterocycles. The maximum Gasteiger partial charge on any atom is 0.118 e. The number of nitrogens with one attached hydrogen (secondary N) is 1. The first-order valence-electron chi connectivity index (χ1n) is 6.82. The van der Waals surface area contributed by atoms with Gasteiger partial charge in [-0.05, 0) is 48.6 Å². The molecule has 0 saturated carbocycles. The lowest BCUT2D eigenvalue weighted by atomic mass is 9.94. The predicted molar refractivity (Wildman–Crippen MR) is 78.9 cm³/mol. The van der Waals surface area contributed by atoms with Gasteiger partial charge in [-0.15, -0.1) is 0 Å². The van der Waals surface area contributed by atoms with Gasteiger partial charge < -0.3 is 10.1 Å². The SMILES string of the molecule is COc1ccc(C[C@H]2CCc3ccccc3N2)cc1. The van der Waals surface area contributed by atoms with Crippen LogP contribution in [0, 0.1) is 0 Å². The van der Waals surface area contributed by atoms with Crippen LogP contribution >= 0.6 is 0 Å². The summed E-state index contributed by atoms with van der Waals surface area (Å²) in [6.07, 6.45) is 3.44. The van der Waals surface area contributed by atoms with Crippen LogP contribution in [0.2, 0.25) is 0 Å². The summed E-state index contributed by atoms with van der Waals surface area (Å²) in [7, 11) is 1.70. The van der Waals surface area contributed by atoms with E-state index >= 15 is 0 Å². The predicted octanol–water partition coefficient (Wildman–Crippen LogP) is 3.66. The lowest BCUT2D eigenvalue weighted by molar-refractivity contribution is 0.414. The van der Waals surface area contributed by atoms with Crippen molar-refractivity contribution >= 4 is 5.69 Å². The second kappa shape index (κ2) is 5.35. The van der Waals surface area contributed by atoms with E-state index in [4.69, 9.17) is 4.74 Å². The number of anilines is 1. The van der Waals surface area contributed by atoms with E-state index in [9.17, 15) is 0 Å². The molecule has 98 valence electrons. The van der Waals surface area contributed by atoms with E-state index < -0.39 is 0 Å². The standard InChI is InChI=1S/C17H19NO/c1-19-16-10-6-13(7-11-16)12-15-9-8-14-4-2-3-5-17(14)18-15/h2-7,10-11,15,18H,8-9,12H2,1H3/t15-/m1/s1. The molecule has 0 fully saturated rings. The molecule has 0 bridgehead atoms. The van der Waals surface area contributed by atoms with Gasteiger partial charge in [0.05, 0.1) is 7.11 Å².